The summed E-state index contributed by atoms with van der Waals surface area (Å²) in [4.78, 5) is 19.3. The summed E-state index contributed by atoms with van der Waals surface area (Å²) >= 11 is 0. The molecule has 1 fully saturated rings. The first kappa shape index (κ1) is 18.4. The van der Waals surface area contributed by atoms with Gasteiger partial charge in [0.1, 0.15) is 0 Å². The van der Waals surface area contributed by atoms with Gasteiger partial charge < -0.3 is 9.42 Å². The molecule has 0 spiro atoms. The third-order valence-electron chi connectivity index (χ3n) is 5.36. The molecule has 1 atom stereocenters. The maximum atomic E-state index is 12.7. The van der Waals surface area contributed by atoms with Gasteiger partial charge >= 0.3 is 0 Å². The summed E-state index contributed by atoms with van der Waals surface area (Å²) in [6.07, 6.45) is 1.89. The van der Waals surface area contributed by atoms with Crippen molar-refractivity contribution in [2.24, 2.45) is 0 Å². The van der Waals surface area contributed by atoms with E-state index in [0.29, 0.717) is 24.2 Å². The number of amides is 1. The minimum atomic E-state index is 0.0642. The van der Waals surface area contributed by atoms with Crippen molar-refractivity contribution >= 4 is 5.91 Å². The molecule has 1 aliphatic rings. The molecule has 1 aliphatic heterocycles. The fraction of sp³-hybridized carbons (Fsp3) is 0.348. The SMILES string of the molecule is CC(C)c1ccc(-c2noc([C@H]3CCCN(C(=O)c4ccccc4)C3)n2)cc1. The van der Waals surface area contributed by atoms with Crippen molar-refractivity contribution in [1.82, 2.24) is 15.0 Å². The van der Waals surface area contributed by atoms with Crippen LogP contribution in [0.4, 0.5) is 0 Å². The van der Waals surface area contributed by atoms with Crippen LogP contribution >= 0.6 is 0 Å². The van der Waals surface area contributed by atoms with Crippen LogP contribution in [-0.4, -0.2) is 34.0 Å². The molecule has 0 saturated carbocycles. The van der Waals surface area contributed by atoms with Crippen LogP contribution in [0, 0.1) is 0 Å². The van der Waals surface area contributed by atoms with Gasteiger partial charge in [-0.05, 0) is 36.5 Å². The highest BCUT2D eigenvalue weighted by Crippen LogP contribution is 2.29. The zero-order chi connectivity index (χ0) is 19.5. The Hall–Kier alpha value is -2.95. The summed E-state index contributed by atoms with van der Waals surface area (Å²) in [6, 6.07) is 17.7. The fourth-order valence-corrected chi connectivity index (χ4v) is 3.66. The normalized spacial score (nSPS) is 17.1. The molecule has 0 radical (unpaired) electrons. The molecule has 0 unspecified atom stereocenters. The van der Waals surface area contributed by atoms with Crippen LogP contribution in [0.3, 0.4) is 0 Å². The van der Waals surface area contributed by atoms with Gasteiger partial charge in [0.25, 0.3) is 5.91 Å². The van der Waals surface area contributed by atoms with Crippen LogP contribution in [0.5, 0.6) is 0 Å². The van der Waals surface area contributed by atoms with Gasteiger partial charge in [-0.15, -0.1) is 0 Å². The lowest BCUT2D eigenvalue weighted by Gasteiger charge is -2.31. The summed E-state index contributed by atoms with van der Waals surface area (Å²) in [7, 11) is 0. The Kier molecular flexibility index (Phi) is 5.24. The molecule has 0 aliphatic carbocycles. The van der Waals surface area contributed by atoms with E-state index in [0.717, 1.165) is 30.5 Å². The Morgan fingerprint density at radius 3 is 2.57 bits per heavy atom. The van der Waals surface area contributed by atoms with Gasteiger partial charge in [-0.2, -0.15) is 4.98 Å². The summed E-state index contributed by atoms with van der Waals surface area (Å²) in [5.74, 6) is 1.86. The molecule has 1 saturated heterocycles. The first-order valence-electron chi connectivity index (χ1n) is 9.90. The zero-order valence-corrected chi connectivity index (χ0v) is 16.3. The van der Waals surface area contributed by atoms with E-state index in [4.69, 9.17) is 4.52 Å². The van der Waals surface area contributed by atoms with Crippen molar-refractivity contribution in [2.45, 2.75) is 38.5 Å². The van der Waals surface area contributed by atoms with E-state index in [1.54, 1.807) is 0 Å². The Balaban J connectivity index is 1.48. The molecule has 1 amide bonds. The van der Waals surface area contributed by atoms with Crippen molar-refractivity contribution in [3.8, 4) is 11.4 Å². The fourth-order valence-electron chi connectivity index (χ4n) is 3.66. The number of carbonyl (C=O) groups is 1. The number of carbonyl (C=O) groups excluding carboxylic acids is 1. The number of rotatable bonds is 4. The minimum Gasteiger partial charge on any atom is -0.339 e. The molecule has 0 bridgehead atoms. The second kappa shape index (κ2) is 7.97. The predicted molar refractivity (Wildman–Crippen MR) is 108 cm³/mol. The predicted octanol–water partition coefficient (Wildman–Crippen LogP) is 4.88. The lowest BCUT2D eigenvalue weighted by Crippen LogP contribution is -2.39. The van der Waals surface area contributed by atoms with E-state index < -0.39 is 0 Å². The Labute approximate surface area is 165 Å². The number of nitrogens with zero attached hydrogens (tertiary/aromatic N) is 3. The molecule has 0 N–H and O–H groups in total. The standard InChI is InChI=1S/C23H25N3O2/c1-16(2)17-10-12-18(13-11-17)21-24-22(28-25-21)20-9-6-14-26(15-20)23(27)19-7-4-3-5-8-19/h3-5,7-8,10-13,16,20H,6,9,14-15H2,1-2H3/t20-/m0/s1. The van der Waals surface area contributed by atoms with Gasteiger partial charge in [0.15, 0.2) is 0 Å². The number of hydrogen-bond donors (Lipinski definition) is 0. The van der Waals surface area contributed by atoms with Gasteiger partial charge in [0.2, 0.25) is 11.7 Å². The Morgan fingerprint density at radius 1 is 1.11 bits per heavy atom. The number of aromatic nitrogens is 2. The van der Waals surface area contributed by atoms with E-state index in [2.05, 4.69) is 36.1 Å². The summed E-state index contributed by atoms with van der Waals surface area (Å²) in [5, 5.41) is 4.17. The Bertz CT molecular complexity index is 932. The van der Waals surface area contributed by atoms with Crippen LogP contribution in [0.15, 0.2) is 59.1 Å². The molecule has 1 aromatic heterocycles. The van der Waals surface area contributed by atoms with Crippen molar-refractivity contribution in [1.29, 1.82) is 0 Å². The van der Waals surface area contributed by atoms with Crippen LogP contribution in [0.2, 0.25) is 0 Å². The zero-order valence-electron chi connectivity index (χ0n) is 16.3. The first-order valence-corrected chi connectivity index (χ1v) is 9.90. The molecule has 5 nitrogen and oxygen atoms in total. The molecule has 144 valence electrons. The first-order chi connectivity index (χ1) is 13.6. The summed E-state index contributed by atoms with van der Waals surface area (Å²) in [5.41, 5.74) is 2.96. The number of piperidine rings is 1. The highest BCUT2D eigenvalue weighted by atomic mass is 16.5. The van der Waals surface area contributed by atoms with Crippen LogP contribution in [-0.2, 0) is 0 Å². The van der Waals surface area contributed by atoms with Gasteiger partial charge in [0, 0.05) is 24.2 Å². The molecular weight excluding hydrogens is 350 g/mol. The Morgan fingerprint density at radius 2 is 1.86 bits per heavy atom. The summed E-state index contributed by atoms with van der Waals surface area (Å²) in [6.45, 7) is 5.73. The topological polar surface area (TPSA) is 59.2 Å². The van der Waals surface area contributed by atoms with E-state index >= 15 is 0 Å². The monoisotopic (exact) mass is 375 g/mol. The van der Waals surface area contributed by atoms with Gasteiger partial charge in [-0.25, -0.2) is 0 Å². The maximum absolute atomic E-state index is 12.7. The lowest BCUT2D eigenvalue weighted by molar-refractivity contribution is 0.0695. The highest BCUT2D eigenvalue weighted by Gasteiger charge is 2.29. The number of hydrogen-bond acceptors (Lipinski definition) is 4. The van der Waals surface area contributed by atoms with Gasteiger partial charge in [-0.1, -0.05) is 61.5 Å². The molecule has 4 rings (SSSR count). The van der Waals surface area contributed by atoms with E-state index in [-0.39, 0.29) is 11.8 Å². The largest absolute Gasteiger partial charge is 0.339 e. The van der Waals surface area contributed by atoms with E-state index in [9.17, 15) is 4.79 Å². The highest BCUT2D eigenvalue weighted by molar-refractivity contribution is 5.94. The summed E-state index contributed by atoms with van der Waals surface area (Å²) < 4.78 is 5.57. The second-order valence-corrected chi connectivity index (χ2v) is 7.69. The van der Waals surface area contributed by atoms with E-state index in [1.807, 2.05) is 47.4 Å². The lowest BCUT2D eigenvalue weighted by atomic mass is 9.97. The van der Waals surface area contributed by atoms with Crippen LogP contribution in [0.1, 0.15) is 60.3 Å². The number of benzene rings is 2. The van der Waals surface area contributed by atoms with E-state index in [1.165, 1.54) is 5.56 Å². The molecule has 5 heteroatoms. The smallest absolute Gasteiger partial charge is 0.253 e. The molecule has 28 heavy (non-hydrogen) atoms. The van der Waals surface area contributed by atoms with Crippen molar-refractivity contribution in [2.75, 3.05) is 13.1 Å². The molecular formula is C23H25N3O2. The van der Waals surface area contributed by atoms with Crippen LogP contribution in [0.25, 0.3) is 11.4 Å². The van der Waals surface area contributed by atoms with Crippen molar-refractivity contribution in [3.63, 3.8) is 0 Å². The third-order valence-corrected chi connectivity index (χ3v) is 5.36. The van der Waals surface area contributed by atoms with Crippen molar-refractivity contribution in [3.05, 3.63) is 71.6 Å². The third kappa shape index (κ3) is 3.84. The van der Waals surface area contributed by atoms with Crippen LogP contribution < -0.4 is 0 Å². The van der Waals surface area contributed by atoms with Gasteiger partial charge in [0.05, 0.1) is 5.92 Å². The average Bonchev–Trinajstić information content (AvgIpc) is 3.24. The minimum absolute atomic E-state index is 0.0642. The number of likely N-dealkylation sites (tertiary alicyclic amines) is 1. The maximum Gasteiger partial charge on any atom is 0.253 e. The van der Waals surface area contributed by atoms with Gasteiger partial charge in [-0.3, -0.25) is 4.79 Å². The second-order valence-electron chi connectivity index (χ2n) is 7.69. The molecule has 2 heterocycles. The van der Waals surface area contributed by atoms with Crippen molar-refractivity contribution < 1.29 is 9.32 Å². The quantitative estimate of drug-likeness (QED) is 0.652. The molecule has 2 aromatic carbocycles. The molecule has 3 aromatic rings. The average molecular weight is 375 g/mol.